The molecule has 1 aliphatic rings. The number of nitrogens with one attached hydrogen (secondary N) is 2. The number of benzene rings is 2. The standard InChI is InChI=1S/C20H19FN4O3/c1-2-28-14-8-6-13(7-9-14)22-20(27)12-10-17(26)25(11-12)19-18-15(21)4-3-5-16(18)23-24-19/h3-9,12H,2,10-11H2,1H3,(H,22,27)(H,23,24). The first kappa shape index (κ1) is 18.0. The minimum Gasteiger partial charge on any atom is -0.494 e. The van der Waals surface area contributed by atoms with Gasteiger partial charge in [-0.2, -0.15) is 5.10 Å². The van der Waals surface area contributed by atoms with Crippen molar-refractivity contribution in [3.8, 4) is 5.75 Å². The first-order chi connectivity index (χ1) is 13.6. The molecule has 144 valence electrons. The van der Waals surface area contributed by atoms with Crippen molar-refractivity contribution in [1.82, 2.24) is 10.2 Å². The van der Waals surface area contributed by atoms with Crippen LogP contribution in [0.4, 0.5) is 15.9 Å². The normalized spacial score (nSPS) is 16.6. The van der Waals surface area contributed by atoms with E-state index in [1.54, 1.807) is 36.4 Å². The van der Waals surface area contributed by atoms with E-state index >= 15 is 0 Å². The molecular weight excluding hydrogens is 363 g/mol. The maximum Gasteiger partial charge on any atom is 0.229 e. The van der Waals surface area contributed by atoms with Crippen LogP contribution in [0, 0.1) is 11.7 Å². The van der Waals surface area contributed by atoms with Crippen molar-refractivity contribution >= 4 is 34.2 Å². The minimum absolute atomic E-state index is 0.0473. The van der Waals surface area contributed by atoms with Crippen LogP contribution in [0.1, 0.15) is 13.3 Å². The molecule has 2 heterocycles. The molecule has 1 aliphatic heterocycles. The fraction of sp³-hybridized carbons (Fsp3) is 0.250. The molecule has 2 N–H and O–H groups in total. The van der Waals surface area contributed by atoms with Crippen LogP contribution in [0.15, 0.2) is 42.5 Å². The fourth-order valence-corrected chi connectivity index (χ4v) is 3.34. The van der Waals surface area contributed by atoms with Gasteiger partial charge in [-0.05, 0) is 43.3 Å². The highest BCUT2D eigenvalue weighted by atomic mass is 19.1. The summed E-state index contributed by atoms with van der Waals surface area (Å²) in [5.74, 6) is -0.595. The minimum atomic E-state index is -0.544. The quantitative estimate of drug-likeness (QED) is 0.710. The van der Waals surface area contributed by atoms with E-state index in [-0.39, 0.29) is 36.0 Å². The summed E-state index contributed by atoms with van der Waals surface area (Å²) in [5.41, 5.74) is 1.13. The van der Waals surface area contributed by atoms with Gasteiger partial charge in [0.2, 0.25) is 11.8 Å². The summed E-state index contributed by atoms with van der Waals surface area (Å²) < 4.78 is 19.6. The first-order valence-corrected chi connectivity index (χ1v) is 9.03. The highest BCUT2D eigenvalue weighted by molar-refractivity contribution is 6.07. The Kier molecular flexibility index (Phi) is 4.68. The lowest BCUT2D eigenvalue weighted by molar-refractivity contribution is -0.122. The van der Waals surface area contributed by atoms with Crippen molar-refractivity contribution in [1.29, 1.82) is 0 Å². The molecule has 0 radical (unpaired) electrons. The van der Waals surface area contributed by atoms with E-state index in [0.29, 0.717) is 17.8 Å². The van der Waals surface area contributed by atoms with Gasteiger partial charge in [-0.15, -0.1) is 0 Å². The molecule has 0 spiro atoms. The second-order valence-electron chi connectivity index (χ2n) is 6.56. The smallest absolute Gasteiger partial charge is 0.229 e. The molecule has 1 unspecified atom stereocenters. The number of halogens is 1. The lowest BCUT2D eigenvalue weighted by atomic mass is 10.1. The third-order valence-corrected chi connectivity index (χ3v) is 4.70. The third-order valence-electron chi connectivity index (χ3n) is 4.70. The Balaban J connectivity index is 1.49. The Bertz CT molecular complexity index is 1030. The van der Waals surface area contributed by atoms with Crippen LogP contribution in [0.5, 0.6) is 5.75 Å². The summed E-state index contributed by atoms with van der Waals surface area (Å²) in [5, 5.41) is 9.88. The van der Waals surface area contributed by atoms with Crippen molar-refractivity contribution in [2.24, 2.45) is 5.92 Å². The number of carbonyl (C=O) groups excluding carboxylic acids is 2. The predicted octanol–water partition coefficient (Wildman–Crippen LogP) is 3.09. The maximum absolute atomic E-state index is 14.2. The third kappa shape index (κ3) is 3.28. The summed E-state index contributed by atoms with van der Waals surface area (Å²) in [6.07, 6.45) is 0.0473. The second-order valence-corrected chi connectivity index (χ2v) is 6.56. The zero-order chi connectivity index (χ0) is 19.7. The molecule has 8 heteroatoms. The van der Waals surface area contributed by atoms with Crippen molar-refractivity contribution in [3.05, 3.63) is 48.3 Å². The molecule has 1 fully saturated rings. The number of amides is 2. The van der Waals surface area contributed by atoms with Crippen LogP contribution in [0.2, 0.25) is 0 Å². The van der Waals surface area contributed by atoms with Gasteiger partial charge in [0, 0.05) is 18.7 Å². The number of carbonyl (C=O) groups is 2. The van der Waals surface area contributed by atoms with E-state index < -0.39 is 11.7 Å². The Morgan fingerprint density at radius 3 is 2.86 bits per heavy atom. The van der Waals surface area contributed by atoms with Crippen LogP contribution < -0.4 is 15.0 Å². The van der Waals surface area contributed by atoms with Gasteiger partial charge in [-0.25, -0.2) is 4.39 Å². The molecular formula is C20H19FN4O3. The molecule has 2 amide bonds. The molecule has 0 saturated carbocycles. The number of hydrogen-bond donors (Lipinski definition) is 2. The summed E-state index contributed by atoms with van der Waals surface area (Å²) in [6, 6.07) is 11.6. The number of nitrogens with zero attached hydrogens (tertiary/aromatic N) is 2. The van der Waals surface area contributed by atoms with Crippen LogP contribution in [0.25, 0.3) is 10.9 Å². The number of anilines is 2. The van der Waals surface area contributed by atoms with Gasteiger partial charge in [0.15, 0.2) is 5.82 Å². The molecule has 1 saturated heterocycles. The zero-order valence-electron chi connectivity index (χ0n) is 15.2. The SMILES string of the molecule is CCOc1ccc(NC(=O)C2CC(=O)N(c3n[nH]c4cccc(F)c34)C2)cc1. The van der Waals surface area contributed by atoms with Crippen LogP contribution >= 0.6 is 0 Å². The second kappa shape index (κ2) is 7.30. The Labute approximate surface area is 160 Å². The van der Waals surface area contributed by atoms with Crippen molar-refractivity contribution in [2.75, 3.05) is 23.4 Å². The van der Waals surface area contributed by atoms with E-state index in [9.17, 15) is 14.0 Å². The molecule has 4 rings (SSSR count). The number of fused-ring (bicyclic) bond motifs is 1. The van der Waals surface area contributed by atoms with Crippen LogP contribution in [-0.4, -0.2) is 35.2 Å². The molecule has 0 aliphatic carbocycles. The van der Waals surface area contributed by atoms with E-state index in [0.717, 1.165) is 5.75 Å². The average Bonchev–Trinajstić information content (AvgIpc) is 3.28. The van der Waals surface area contributed by atoms with E-state index in [1.165, 1.54) is 11.0 Å². The number of hydrogen-bond acceptors (Lipinski definition) is 4. The summed E-state index contributed by atoms with van der Waals surface area (Å²) >= 11 is 0. The molecule has 1 aromatic heterocycles. The maximum atomic E-state index is 14.2. The highest BCUT2D eigenvalue weighted by Gasteiger charge is 2.37. The number of aromatic nitrogens is 2. The molecule has 2 aromatic carbocycles. The highest BCUT2D eigenvalue weighted by Crippen LogP contribution is 2.31. The number of ether oxygens (including phenoxy) is 1. The predicted molar refractivity (Wildman–Crippen MR) is 103 cm³/mol. The van der Waals surface area contributed by atoms with Gasteiger partial charge in [0.05, 0.1) is 23.4 Å². The van der Waals surface area contributed by atoms with Gasteiger partial charge in [-0.3, -0.25) is 19.6 Å². The van der Waals surface area contributed by atoms with Gasteiger partial charge in [0.1, 0.15) is 11.6 Å². The van der Waals surface area contributed by atoms with Crippen molar-refractivity contribution in [2.45, 2.75) is 13.3 Å². The van der Waals surface area contributed by atoms with Crippen molar-refractivity contribution in [3.63, 3.8) is 0 Å². The fourth-order valence-electron chi connectivity index (χ4n) is 3.34. The zero-order valence-corrected chi connectivity index (χ0v) is 15.2. The van der Waals surface area contributed by atoms with Gasteiger partial charge in [0.25, 0.3) is 0 Å². The summed E-state index contributed by atoms with van der Waals surface area (Å²) in [4.78, 5) is 26.4. The van der Waals surface area contributed by atoms with Gasteiger partial charge < -0.3 is 10.1 Å². The Morgan fingerprint density at radius 2 is 2.11 bits per heavy atom. The Morgan fingerprint density at radius 1 is 1.32 bits per heavy atom. The Hall–Kier alpha value is -3.42. The largest absolute Gasteiger partial charge is 0.494 e. The van der Waals surface area contributed by atoms with Crippen LogP contribution in [0.3, 0.4) is 0 Å². The number of H-pyrrole nitrogens is 1. The van der Waals surface area contributed by atoms with E-state index in [4.69, 9.17) is 4.74 Å². The van der Waals surface area contributed by atoms with Gasteiger partial charge >= 0.3 is 0 Å². The lowest BCUT2D eigenvalue weighted by Gasteiger charge is -2.14. The van der Waals surface area contributed by atoms with Crippen molar-refractivity contribution < 1.29 is 18.7 Å². The average molecular weight is 382 g/mol. The molecule has 7 nitrogen and oxygen atoms in total. The first-order valence-electron chi connectivity index (χ1n) is 9.03. The lowest BCUT2D eigenvalue weighted by Crippen LogP contribution is -2.28. The summed E-state index contributed by atoms with van der Waals surface area (Å²) in [6.45, 7) is 2.61. The summed E-state index contributed by atoms with van der Waals surface area (Å²) in [7, 11) is 0. The van der Waals surface area contributed by atoms with E-state index in [1.807, 2.05) is 6.92 Å². The molecule has 3 aromatic rings. The molecule has 1 atom stereocenters. The van der Waals surface area contributed by atoms with E-state index in [2.05, 4.69) is 15.5 Å². The molecule has 0 bridgehead atoms. The number of aromatic amines is 1. The van der Waals surface area contributed by atoms with Gasteiger partial charge in [-0.1, -0.05) is 6.07 Å². The monoisotopic (exact) mass is 382 g/mol. The molecule has 28 heavy (non-hydrogen) atoms. The van der Waals surface area contributed by atoms with Crippen LogP contribution in [-0.2, 0) is 9.59 Å². The topological polar surface area (TPSA) is 87.3 Å². The number of rotatable bonds is 5.